The highest BCUT2D eigenvalue weighted by atomic mass is 32.1. The van der Waals surface area contributed by atoms with E-state index in [4.69, 9.17) is 22.8 Å². The van der Waals surface area contributed by atoms with Gasteiger partial charge in [-0.25, -0.2) is 10.8 Å². The third kappa shape index (κ3) is 4.89. The molecule has 5 rings (SSSR count). The van der Waals surface area contributed by atoms with E-state index >= 15 is 0 Å². The number of fused-ring (bicyclic) bond motifs is 1. The van der Waals surface area contributed by atoms with Crippen LogP contribution in [0.15, 0.2) is 73.1 Å². The summed E-state index contributed by atoms with van der Waals surface area (Å²) in [4.78, 5) is 7.10. The second-order valence-electron chi connectivity index (χ2n) is 8.06. The first-order valence-electron chi connectivity index (χ1n) is 10.9. The van der Waals surface area contributed by atoms with Crippen molar-refractivity contribution < 1.29 is 4.74 Å². The molecular weight excluding hydrogens is 432 g/mol. The number of aromatic nitrogens is 2. The van der Waals surface area contributed by atoms with Gasteiger partial charge < -0.3 is 15.5 Å². The number of nitrogens with zero attached hydrogens (tertiary/aromatic N) is 3. The fourth-order valence-corrected chi connectivity index (χ4v) is 4.28. The maximum Gasteiger partial charge on any atom is 0.185 e. The van der Waals surface area contributed by atoms with Crippen LogP contribution >= 0.6 is 12.2 Å². The smallest absolute Gasteiger partial charge is 0.185 e. The molecule has 0 aliphatic carbocycles. The molecule has 0 amide bonds. The highest BCUT2D eigenvalue weighted by Gasteiger charge is 2.12. The van der Waals surface area contributed by atoms with Crippen LogP contribution < -0.4 is 16.6 Å². The molecule has 0 spiro atoms. The zero-order chi connectivity index (χ0) is 22.6. The maximum absolute atomic E-state index is 5.47. The minimum atomic E-state index is 0.366. The lowest BCUT2D eigenvalue weighted by Gasteiger charge is -2.26. The monoisotopic (exact) mass is 458 g/mol. The summed E-state index contributed by atoms with van der Waals surface area (Å²) in [6, 6.07) is 21.0. The van der Waals surface area contributed by atoms with Gasteiger partial charge in [-0.15, -0.1) is 0 Å². The lowest BCUT2D eigenvalue weighted by molar-refractivity contribution is 0.0342. The van der Waals surface area contributed by atoms with E-state index in [0.717, 1.165) is 61.0 Å². The Morgan fingerprint density at radius 2 is 1.79 bits per heavy atom. The largest absolute Gasteiger partial charge is 0.379 e. The quantitative estimate of drug-likeness (QED) is 0.239. The summed E-state index contributed by atoms with van der Waals surface area (Å²) < 4.78 is 7.56. The summed E-state index contributed by atoms with van der Waals surface area (Å²) in [5.74, 6) is 5.37. The lowest BCUT2D eigenvalue weighted by atomic mass is 10.0. The van der Waals surface area contributed by atoms with Crippen molar-refractivity contribution in [3.63, 3.8) is 0 Å². The number of benzene rings is 2. The summed E-state index contributed by atoms with van der Waals surface area (Å²) in [7, 11) is 0. The zero-order valence-electron chi connectivity index (χ0n) is 18.2. The van der Waals surface area contributed by atoms with E-state index in [-0.39, 0.29) is 0 Å². The fraction of sp³-hybridized carbons (Fsp3) is 0.200. The number of nitrogens with two attached hydrogens (primary N) is 1. The van der Waals surface area contributed by atoms with E-state index in [1.165, 1.54) is 11.1 Å². The zero-order valence-corrected chi connectivity index (χ0v) is 19.0. The van der Waals surface area contributed by atoms with Crippen molar-refractivity contribution >= 4 is 28.7 Å². The first-order valence-corrected chi connectivity index (χ1v) is 11.3. The van der Waals surface area contributed by atoms with Crippen LogP contribution in [-0.2, 0) is 11.3 Å². The maximum atomic E-state index is 5.47. The Kier molecular flexibility index (Phi) is 6.32. The van der Waals surface area contributed by atoms with Gasteiger partial charge in [0.15, 0.2) is 5.11 Å². The van der Waals surface area contributed by atoms with E-state index in [9.17, 15) is 0 Å². The summed E-state index contributed by atoms with van der Waals surface area (Å²) in [6.07, 6.45) is 3.97. The molecule has 0 radical (unpaired) electrons. The molecule has 1 saturated heterocycles. The first kappa shape index (κ1) is 21.5. The third-order valence-electron chi connectivity index (χ3n) is 5.83. The van der Waals surface area contributed by atoms with Crippen molar-refractivity contribution in [3.8, 4) is 22.4 Å². The molecule has 2 aromatic carbocycles. The number of thiocarbonyl (C=S) groups is 1. The molecule has 0 bridgehead atoms. The van der Waals surface area contributed by atoms with Gasteiger partial charge in [0, 0.05) is 37.1 Å². The van der Waals surface area contributed by atoms with E-state index in [1.807, 2.05) is 24.4 Å². The number of nitrogens with one attached hydrogen (secondary N) is 2. The van der Waals surface area contributed by atoms with Gasteiger partial charge in [-0.05, 0) is 59.2 Å². The van der Waals surface area contributed by atoms with Crippen molar-refractivity contribution in [2.24, 2.45) is 5.84 Å². The van der Waals surface area contributed by atoms with Gasteiger partial charge in [0.05, 0.1) is 25.1 Å². The predicted octanol–water partition coefficient (Wildman–Crippen LogP) is 3.66. The first-order chi connectivity index (χ1) is 16.2. The van der Waals surface area contributed by atoms with Crippen molar-refractivity contribution in [2.75, 3.05) is 31.6 Å². The predicted molar refractivity (Wildman–Crippen MR) is 136 cm³/mol. The lowest BCUT2D eigenvalue weighted by Crippen LogP contribution is -2.35. The Morgan fingerprint density at radius 1 is 1.00 bits per heavy atom. The number of pyridine rings is 1. The highest BCUT2D eigenvalue weighted by Crippen LogP contribution is 2.27. The number of hydrogen-bond acceptors (Lipinski definition) is 5. The molecule has 7 nitrogen and oxygen atoms in total. The van der Waals surface area contributed by atoms with Crippen LogP contribution in [0.25, 0.3) is 28.0 Å². The van der Waals surface area contributed by atoms with Crippen LogP contribution in [0, 0.1) is 0 Å². The van der Waals surface area contributed by atoms with Crippen LogP contribution in [-0.4, -0.2) is 45.7 Å². The van der Waals surface area contributed by atoms with Crippen molar-refractivity contribution in [3.05, 3.63) is 78.6 Å². The molecule has 3 heterocycles. The Morgan fingerprint density at radius 3 is 2.64 bits per heavy atom. The van der Waals surface area contributed by atoms with E-state index in [0.29, 0.717) is 5.11 Å². The molecule has 168 valence electrons. The molecule has 33 heavy (non-hydrogen) atoms. The van der Waals surface area contributed by atoms with Gasteiger partial charge in [0.25, 0.3) is 0 Å². The molecule has 1 aliphatic rings. The van der Waals surface area contributed by atoms with Crippen LogP contribution in [0.3, 0.4) is 0 Å². The van der Waals surface area contributed by atoms with Gasteiger partial charge in [-0.2, -0.15) is 0 Å². The number of rotatable bonds is 5. The number of morpholine rings is 1. The third-order valence-corrected chi connectivity index (χ3v) is 6.05. The SMILES string of the molecule is NNC(=S)Nc1cccc(-c2cnc3cc(-c4cccc(CN5CCOCC5)c4)ccn23)c1. The van der Waals surface area contributed by atoms with Gasteiger partial charge in [-0.1, -0.05) is 30.3 Å². The Bertz CT molecular complexity index is 1280. The summed E-state index contributed by atoms with van der Waals surface area (Å²) in [5, 5.41) is 3.43. The number of imidazole rings is 1. The number of ether oxygens (including phenoxy) is 1. The second kappa shape index (κ2) is 9.68. The Labute approximate surface area is 198 Å². The van der Waals surface area contributed by atoms with Crippen molar-refractivity contribution in [1.82, 2.24) is 19.7 Å². The van der Waals surface area contributed by atoms with Crippen molar-refractivity contribution in [1.29, 1.82) is 0 Å². The van der Waals surface area contributed by atoms with E-state index in [2.05, 4.69) is 73.7 Å². The van der Waals surface area contributed by atoms with E-state index in [1.54, 1.807) is 0 Å². The van der Waals surface area contributed by atoms with Crippen LogP contribution in [0.4, 0.5) is 5.69 Å². The van der Waals surface area contributed by atoms with Crippen LogP contribution in [0.2, 0.25) is 0 Å². The van der Waals surface area contributed by atoms with Gasteiger partial charge in [-0.3, -0.25) is 9.30 Å². The second-order valence-corrected chi connectivity index (χ2v) is 8.46. The molecule has 1 fully saturated rings. The molecular formula is C25H26N6OS. The molecule has 1 aliphatic heterocycles. The Hall–Kier alpha value is -3.30. The minimum absolute atomic E-state index is 0.366. The van der Waals surface area contributed by atoms with Gasteiger partial charge in [0.2, 0.25) is 0 Å². The highest BCUT2D eigenvalue weighted by molar-refractivity contribution is 7.80. The molecule has 0 unspecified atom stereocenters. The molecule has 8 heteroatoms. The number of hydrogen-bond donors (Lipinski definition) is 3. The molecule has 0 saturated carbocycles. The molecule has 4 aromatic rings. The Balaban J connectivity index is 1.40. The average molecular weight is 459 g/mol. The standard InChI is InChI=1S/C25H26N6OS/c26-29-25(33)28-22-6-2-5-21(14-22)23-16-27-24-15-20(7-8-31(23)24)19-4-1-3-18(13-19)17-30-9-11-32-12-10-30/h1-8,13-16H,9-12,17,26H2,(H2,28,29,33). The molecule has 2 aromatic heterocycles. The topological polar surface area (TPSA) is 79.8 Å². The van der Waals surface area contributed by atoms with Gasteiger partial charge in [0.1, 0.15) is 5.65 Å². The molecule has 0 atom stereocenters. The van der Waals surface area contributed by atoms with Gasteiger partial charge >= 0.3 is 0 Å². The van der Waals surface area contributed by atoms with Crippen LogP contribution in [0.1, 0.15) is 5.56 Å². The van der Waals surface area contributed by atoms with Crippen molar-refractivity contribution in [2.45, 2.75) is 6.54 Å². The summed E-state index contributed by atoms with van der Waals surface area (Å²) in [5.41, 5.74) is 9.90. The number of hydrazine groups is 1. The summed E-state index contributed by atoms with van der Waals surface area (Å²) in [6.45, 7) is 4.54. The number of anilines is 1. The summed E-state index contributed by atoms with van der Waals surface area (Å²) >= 11 is 5.10. The van der Waals surface area contributed by atoms with E-state index < -0.39 is 0 Å². The average Bonchev–Trinajstić information content (AvgIpc) is 3.28. The fourth-order valence-electron chi connectivity index (χ4n) is 4.16. The molecule has 4 N–H and O–H groups in total. The minimum Gasteiger partial charge on any atom is -0.379 e. The van der Waals surface area contributed by atoms with Crippen LogP contribution in [0.5, 0.6) is 0 Å². The normalized spacial score (nSPS) is 14.3.